The van der Waals surface area contributed by atoms with Crippen molar-refractivity contribution < 1.29 is 9.90 Å². The summed E-state index contributed by atoms with van der Waals surface area (Å²) in [7, 11) is -2.46. The maximum atomic E-state index is 9.26. The Kier molecular flexibility index (Phi) is 9.62. The molecule has 0 saturated heterocycles. The number of hydrogen-bond acceptors (Lipinski definition) is 2. The summed E-state index contributed by atoms with van der Waals surface area (Å²) in [5.74, 6) is -0.995. The van der Waals surface area contributed by atoms with Gasteiger partial charge in [0.1, 0.15) is 23.2 Å². The molecule has 3 heteroatoms. The molecular weight excluding hydrogens is 543 g/mol. The lowest BCUT2D eigenvalue weighted by Crippen LogP contribution is -2.47. The molecule has 6 aromatic rings. The lowest BCUT2D eigenvalue weighted by Gasteiger charge is -2.46. The van der Waals surface area contributed by atoms with E-state index in [1.807, 2.05) is 0 Å². The number of carbonyl (C=O) groups excluding carboxylic acids is 1. The van der Waals surface area contributed by atoms with E-state index in [2.05, 4.69) is 182 Å². The van der Waals surface area contributed by atoms with E-state index in [-0.39, 0.29) is 6.42 Å². The average Bonchev–Trinajstić information content (AvgIpc) is 3.10. The van der Waals surface area contributed by atoms with Crippen molar-refractivity contribution in [3.05, 3.63) is 199 Å². The van der Waals surface area contributed by atoms with E-state index >= 15 is 0 Å². The second-order valence-electron chi connectivity index (χ2n) is 10.2. The van der Waals surface area contributed by atoms with Crippen molar-refractivity contribution in [1.82, 2.24) is 0 Å². The van der Waals surface area contributed by atoms with Gasteiger partial charge in [0.15, 0.2) is 5.16 Å². The molecule has 0 spiro atoms. The van der Waals surface area contributed by atoms with E-state index in [9.17, 15) is 9.90 Å². The van der Waals surface area contributed by atoms with Crippen molar-refractivity contribution >= 4 is 29.1 Å². The van der Waals surface area contributed by atoms with Gasteiger partial charge < -0.3 is 9.90 Å². The number of carboxylic acid groups (broad SMARTS) is 1. The predicted octanol–water partition coefficient (Wildman–Crippen LogP) is 7.12. The summed E-state index contributed by atoms with van der Waals surface area (Å²) >= 11 is 0. The van der Waals surface area contributed by atoms with Gasteiger partial charge in [-0.2, -0.15) is 0 Å². The molecule has 0 bridgehead atoms. The highest BCUT2D eigenvalue weighted by atomic mass is 31.2. The first-order valence-electron chi connectivity index (χ1n) is 14.6. The van der Waals surface area contributed by atoms with E-state index in [4.69, 9.17) is 0 Å². The zero-order valence-electron chi connectivity index (χ0n) is 24.3. The fourth-order valence-corrected chi connectivity index (χ4v) is 11.6. The zero-order chi connectivity index (χ0) is 30.0. The molecule has 0 N–H and O–H groups in total. The Balaban J connectivity index is 0.000000682. The lowest BCUT2D eigenvalue weighted by atomic mass is 9.84. The van der Waals surface area contributed by atoms with E-state index in [0.717, 1.165) is 0 Å². The highest BCUT2D eigenvalue weighted by Crippen LogP contribution is 2.74. The van der Waals surface area contributed by atoms with Crippen LogP contribution in [-0.2, 0) is 9.95 Å². The third-order valence-corrected chi connectivity index (χ3v) is 12.8. The van der Waals surface area contributed by atoms with Gasteiger partial charge in [0, 0.05) is 22.7 Å². The SMILES string of the molecule is CCC(=O)[O-].c1ccc(C(c2ccccc2)(c2ccccc2)[P+](c2ccccc2)(c2ccccc2)c2ccccc2)cc1. The summed E-state index contributed by atoms with van der Waals surface area (Å²) in [5, 5.41) is 12.8. The molecule has 0 unspecified atom stereocenters. The van der Waals surface area contributed by atoms with E-state index < -0.39 is 18.4 Å². The van der Waals surface area contributed by atoms with Gasteiger partial charge in [-0.05, 0) is 42.8 Å². The standard InChI is InChI=1S/C37H30P.C3H6O2/c1-7-19-31(20-8-1)37(32-21-9-2-10-22-32,33-23-11-3-12-24-33)38(34-25-13-4-14-26-34,35-27-15-5-16-28-35)36-29-17-6-18-30-36;1-2-3(4)5/h1-30H;2H2,1H3,(H,4,5)/q+1;/p-1. The predicted molar refractivity (Wildman–Crippen MR) is 180 cm³/mol. The molecule has 0 saturated carbocycles. The Morgan fingerprint density at radius 3 is 0.884 bits per heavy atom. The van der Waals surface area contributed by atoms with Crippen molar-refractivity contribution in [2.45, 2.75) is 18.5 Å². The maximum absolute atomic E-state index is 9.26. The summed E-state index contributed by atoms with van der Waals surface area (Å²) in [5.41, 5.74) is 3.88. The maximum Gasteiger partial charge on any atom is 0.168 e. The third-order valence-electron chi connectivity index (χ3n) is 7.80. The Morgan fingerprint density at radius 1 is 0.465 bits per heavy atom. The summed E-state index contributed by atoms with van der Waals surface area (Å²) < 4.78 is 0. The first kappa shape index (κ1) is 29.7. The van der Waals surface area contributed by atoms with Crippen LogP contribution in [0.25, 0.3) is 0 Å². The van der Waals surface area contributed by atoms with Crippen molar-refractivity contribution in [2.24, 2.45) is 0 Å². The molecule has 212 valence electrons. The highest BCUT2D eigenvalue weighted by molar-refractivity contribution is 7.97. The van der Waals surface area contributed by atoms with Gasteiger partial charge in [-0.3, -0.25) is 0 Å². The van der Waals surface area contributed by atoms with Crippen LogP contribution in [0.5, 0.6) is 0 Å². The van der Waals surface area contributed by atoms with Crippen molar-refractivity contribution in [3.63, 3.8) is 0 Å². The van der Waals surface area contributed by atoms with Gasteiger partial charge in [-0.15, -0.1) is 0 Å². The molecule has 0 aromatic heterocycles. The number of carboxylic acids is 1. The molecule has 0 amide bonds. The van der Waals surface area contributed by atoms with Gasteiger partial charge in [0.2, 0.25) is 0 Å². The Labute approximate surface area is 255 Å². The van der Waals surface area contributed by atoms with Gasteiger partial charge in [-0.1, -0.05) is 153 Å². The molecule has 43 heavy (non-hydrogen) atoms. The van der Waals surface area contributed by atoms with Crippen LogP contribution >= 0.6 is 7.26 Å². The second-order valence-corrected chi connectivity index (χ2v) is 13.8. The molecule has 0 heterocycles. The molecule has 0 fully saturated rings. The molecule has 0 atom stereocenters. The van der Waals surface area contributed by atoms with E-state index in [1.165, 1.54) is 39.5 Å². The lowest BCUT2D eigenvalue weighted by molar-refractivity contribution is -0.305. The number of aliphatic carboxylic acids is 1. The van der Waals surface area contributed by atoms with Crippen molar-refractivity contribution in [3.8, 4) is 0 Å². The van der Waals surface area contributed by atoms with Crippen LogP contribution in [0.2, 0.25) is 0 Å². The zero-order valence-corrected chi connectivity index (χ0v) is 25.2. The topological polar surface area (TPSA) is 40.1 Å². The van der Waals surface area contributed by atoms with Crippen LogP contribution in [0.1, 0.15) is 30.0 Å². The number of carbonyl (C=O) groups is 1. The summed E-state index contributed by atoms with van der Waals surface area (Å²) in [4.78, 5) is 9.26. The first-order valence-corrected chi connectivity index (χ1v) is 16.4. The largest absolute Gasteiger partial charge is 0.550 e. The highest BCUT2D eigenvalue weighted by Gasteiger charge is 2.65. The first-order chi connectivity index (χ1) is 21.2. The Hall–Kier alpha value is -4.78. The quantitative estimate of drug-likeness (QED) is 0.143. The molecule has 0 radical (unpaired) electrons. The van der Waals surface area contributed by atoms with Gasteiger partial charge >= 0.3 is 0 Å². The van der Waals surface area contributed by atoms with Crippen LogP contribution in [0.3, 0.4) is 0 Å². The average molecular weight is 579 g/mol. The Morgan fingerprint density at radius 2 is 0.674 bits per heavy atom. The van der Waals surface area contributed by atoms with Crippen LogP contribution in [0, 0.1) is 0 Å². The molecule has 6 rings (SSSR count). The van der Waals surface area contributed by atoms with Gasteiger partial charge in [-0.25, -0.2) is 0 Å². The van der Waals surface area contributed by atoms with Gasteiger partial charge in [0.25, 0.3) is 0 Å². The fourth-order valence-electron chi connectivity index (χ4n) is 6.10. The Bertz CT molecular complexity index is 1370. The third kappa shape index (κ3) is 5.67. The molecular formula is C40H35O2P. The van der Waals surface area contributed by atoms with Crippen LogP contribution in [0.4, 0.5) is 0 Å². The summed E-state index contributed by atoms with van der Waals surface area (Å²) in [6.07, 6.45) is 0.111. The molecule has 0 aliphatic heterocycles. The molecule has 0 aliphatic carbocycles. The van der Waals surface area contributed by atoms with Gasteiger partial charge in [0.05, 0.1) is 0 Å². The second kappa shape index (κ2) is 13.9. The summed E-state index contributed by atoms with van der Waals surface area (Å²) in [6, 6.07) is 67.1. The van der Waals surface area contributed by atoms with Crippen LogP contribution < -0.4 is 21.0 Å². The smallest absolute Gasteiger partial charge is 0.168 e. The van der Waals surface area contributed by atoms with Crippen molar-refractivity contribution in [1.29, 1.82) is 0 Å². The van der Waals surface area contributed by atoms with E-state index in [0.29, 0.717) is 0 Å². The number of hydrogen-bond donors (Lipinski definition) is 0. The van der Waals surface area contributed by atoms with Crippen LogP contribution in [-0.4, -0.2) is 5.97 Å². The number of rotatable bonds is 8. The summed E-state index contributed by atoms with van der Waals surface area (Å²) in [6.45, 7) is 1.54. The number of benzene rings is 6. The minimum Gasteiger partial charge on any atom is -0.550 e. The normalized spacial score (nSPS) is 11.2. The molecule has 2 nitrogen and oxygen atoms in total. The molecule has 0 aliphatic rings. The molecule has 6 aromatic carbocycles. The van der Waals surface area contributed by atoms with Crippen LogP contribution in [0.15, 0.2) is 182 Å². The van der Waals surface area contributed by atoms with Crippen molar-refractivity contribution in [2.75, 3.05) is 0 Å². The van der Waals surface area contributed by atoms with E-state index in [1.54, 1.807) is 0 Å². The minimum atomic E-state index is -2.46. The monoisotopic (exact) mass is 578 g/mol. The minimum absolute atomic E-state index is 0.111. The fraction of sp³-hybridized carbons (Fsp3) is 0.0750.